The highest BCUT2D eigenvalue weighted by Gasteiger charge is 1.98. The lowest BCUT2D eigenvalue weighted by Gasteiger charge is -2.05. The van der Waals surface area contributed by atoms with Gasteiger partial charge in [0.15, 0.2) is 0 Å². The Morgan fingerprint density at radius 3 is 2.44 bits per heavy atom. The van der Waals surface area contributed by atoms with Crippen molar-refractivity contribution in [3.05, 3.63) is 36.5 Å². The van der Waals surface area contributed by atoms with Gasteiger partial charge in [-0.2, -0.15) is 0 Å². The number of hydrogen-bond donors (Lipinski definition) is 1. The van der Waals surface area contributed by atoms with E-state index in [1.165, 1.54) is 0 Å². The molecule has 96 valence electrons. The molecule has 1 heteroatoms. The topological polar surface area (TPSA) is 20.2 Å². The Balaban J connectivity index is 3.73. The number of allylic oxidation sites excluding steroid dienone is 6. The van der Waals surface area contributed by atoms with E-state index in [1.807, 2.05) is 31.2 Å². The van der Waals surface area contributed by atoms with E-state index in [4.69, 9.17) is 0 Å². The summed E-state index contributed by atoms with van der Waals surface area (Å²) in [4.78, 5) is 0. The van der Waals surface area contributed by atoms with Crippen LogP contribution in [0.3, 0.4) is 0 Å². The summed E-state index contributed by atoms with van der Waals surface area (Å²) < 4.78 is 0. The van der Waals surface area contributed by atoms with Crippen LogP contribution in [-0.4, -0.2) is 11.2 Å². The molecule has 0 rings (SSSR count). The van der Waals surface area contributed by atoms with Crippen LogP contribution in [0.4, 0.5) is 0 Å². The van der Waals surface area contributed by atoms with E-state index in [0.29, 0.717) is 0 Å². The summed E-state index contributed by atoms with van der Waals surface area (Å²) in [5, 5.41) is 9.50. The molecule has 18 heavy (non-hydrogen) atoms. The van der Waals surface area contributed by atoms with E-state index in [2.05, 4.69) is 30.6 Å². The van der Waals surface area contributed by atoms with Crippen LogP contribution in [0.2, 0.25) is 0 Å². The highest BCUT2D eigenvalue weighted by molar-refractivity contribution is 5.34. The minimum absolute atomic E-state index is 0.162. The van der Waals surface area contributed by atoms with Crippen LogP contribution in [0.5, 0.6) is 0 Å². The largest absolute Gasteiger partial charge is 0.393 e. The first-order valence-corrected chi connectivity index (χ1v) is 6.43. The van der Waals surface area contributed by atoms with Gasteiger partial charge in [0.1, 0.15) is 0 Å². The average molecular weight is 242 g/mol. The van der Waals surface area contributed by atoms with E-state index in [-0.39, 0.29) is 6.10 Å². The fraction of sp³-hybridized carbons (Fsp3) is 0.412. The number of rotatable bonds is 6. The van der Waals surface area contributed by atoms with Crippen LogP contribution < -0.4 is 0 Å². The number of hydrogen-bond acceptors (Lipinski definition) is 1. The Kier molecular flexibility index (Phi) is 12.1. The van der Waals surface area contributed by atoms with E-state index < -0.39 is 0 Å². The molecular weight excluding hydrogens is 220 g/mol. The summed E-state index contributed by atoms with van der Waals surface area (Å²) >= 11 is 0. The minimum atomic E-state index is -0.162. The van der Waals surface area contributed by atoms with Gasteiger partial charge in [-0.1, -0.05) is 49.5 Å². The van der Waals surface area contributed by atoms with Crippen molar-refractivity contribution in [1.82, 2.24) is 0 Å². The van der Waals surface area contributed by atoms with E-state index in [9.17, 15) is 5.11 Å². The van der Waals surface area contributed by atoms with E-state index in [1.54, 1.807) is 12.2 Å². The zero-order valence-electron chi connectivity index (χ0n) is 11.3. The van der Waals surface area contributed by atoms with Crippen molar-refractivity contribution < 1.29 is 5.11 Å². The van der Waals surface area contributed by atoms with Crippen LogP contribution in [0.1, 0.15) is 39.5 Å². The van der Waals surface area contributed by atoms with Gasteiger partial charge in [0, 0.05) is 0 Å². The van der Waals surface area contributed by atoms with Crippen LogP contribution in [0, 0.1) is 23.7 Å². The molecule has 0 heterocycles. The quantitative estimate of drug-likeness (QED) is 0.557. The van der Waals surface area contributed by atoms with Gasteiger partial charge < -0.3 is 5.11 Å². The highest BCUT2D eigenvalue weighted by Crippen LogP contribution is 2.04. The fourth-order valence-electron chi connectivity index (χ4n) is 1.28. The van der Waals surface area contributed by atoms with E-state index in [0.717, 1.165) is 25.7 Å². The van der Waals surface area contributed by atoms with Crippen molar-refractivity contribution in [1.29, 1.82) is 0 Å². The van der Waals surface area contributed by atoms with Gasteiger partial charge >= 0.3 is 0 Å². The number of aliphatic hydroxyl groups is 1. The molecule has 0 aromatic carbocycles. The molecule has 0 radical (unpaired) electrons. The van der Waals surface area contributed by atoms with Gasteiger partial charge in [0.05, 0.1) is 6.10 Å². The lowest BCUT2D eigenvalue weighted by atomic mass is 10.1. The molecule has 0 amide bonds. The van der Waals surface area contributed by atoms with Crippen LogP contribution >= 0.6 is 0 Å². The first-order valence-electron chi connectivity index (χ1n) is 6.43. The maximum Gasteiger partial charge on any atom is 0.0543 e. The van der Waals surface area contributed by atoms with Gasteiger partial charge in [-0.25, -0.2) is 0 Å². The predicted octanol–water partition coefficient (Wildman–Crippen LogP) is 3.62. The van der Waals surface area contributed by atoms with Crippen LogP contribution in [0.15, 0.2) is 36.5 Å². The molecule has 0 saturated carbocycles. The molecule has 1 N–H and O–H groups in total. The molecule has 0 bridgehead atoms. The second-order valence-electron chi connectivity index (χ2n) is 3.85. The molecule has 0 spiro atoms. The third kappa shape index (κ3) is 12.4. The lowest BCUT2D eigenvalue weighted by Crippen LogP contribution is -2.04. The molecule has 0 fully saturated rings. The Bertz CT molecular complexity index is 391. The Morgan fingerprint density at radius 2 is 1.78 bits per heavy atom. The fourth-order valence-corrected chi connectivity index (χ4v) is 1.28. The molecular formula is C17H22O. The maximum atomic E-state index is 9.50. The van der Waals surface area contributed by atoms with Gasteiger partial charge in [0.2, 0.25) is 0 Å². The van der Waals surface area contributed by atoms with Gasteiger partial charge in [-0.15, -0.1) is 0 Å². The standard InChI is InChI=1S/C17H22O/c1-3-5-6-7-8-9-10-11-12-13-14-16-17(18)15-4-2/h3,5,10-13,17-18H,4,14-16H2,1-2H3/t17-/m1/s1. The molecule has 0 unspecified atom stereocenters. The Morgan fingerprint density at radius 1 is 1.06 bits per heavy atom. The van der Waals surface area contributed by atoms with Crippen molar-refractivity contribution in [2.45, 2.75) is 45.6 Å². The summed E-state index contributed by atoms with van der Waals surface area (Å²) in [7, 11) is 0. The first-order chi connectivity index (χ1) is 8.81. The summed E-state index contributed by atoms with van der Waals surface area (Å²) in [6, 6.07) is 0. The third-order valence-electron chi connectivity index (χ3n) is 2.17. The monoisotopic (exact) mass is 242 g/mol. The van der Waals surface area contributed by atoms with Crippen LogP contribution in [-0.2, 0) is 0 Å². The molecule has 0 saturated heterocycles. The second kappa shape index (κ2) is 13.4. The Labute approximate surface area is 111 Å². The summed E-state index contributed by atoms with van der Waals surface area (Å²) in [5.74, 6) is 11.0. The molecule has 1 atom stereocenters. The molecule has 0 aromatic rings. The summed E-state index contributed by atoms with van der Waals surface area (Å²) in [6.07, 6.45) is 14.8. The maximum absolute atomic E-state index is 9.50. The smallest absolute Gasteiger partial charge is 0.0543 e. The van der Waals surface area contributed by atoms with Crippen molar-refractivity contribution in [3.8, 4) is 23.7 Å². The lowest BCUT2D eigenvalue weighted by molar-refractivity contribution is 0.155. The van der Waals surface area contributed by atoms with Crippen molar-refractivity contribution in [3.63, 3.8) is 0 Å². The van der Waals surface area contributed by atoms with Gasteiger partial charge in [-0.3, -0.25) is 0 Å². The second-order valence-corrected chi connectivity index (χ2v) is 3.85. The zero-order valence-corrected chi connectivity index (χ0v) is 11.3. The molecule has 0 aliphatic rings. The molecule has 0 aliphatic heterocycles. The number of aliphatic hydroxyl groups excluding tert-OH is 1. The van der Waals surface area contributed by atoms with Crippen LogP contribution in [0.25, 0.3) is 0 Å². The van der Waals surface area contributed by atoms with Crippen molar-refractivity contribution in [2.24, 2.45) is 0 Å². The first kappa shape index (κ1) is 16.3. The molecule has 0 aromatic heterocycles. The van der Waals surface area contributed by atoms with Gasteiger partial charge in [0.25, 0.3) is 0 Å². The van der Waals surface area contributed by atoms with Crippen molar-refractivity contribution >= 4 is 0 Å². The third-order valence-corrected chi connectivity index (χ3v) is 2.17. The normalized spacial score (nSPS) is 12.4. The van der Waals surface area contributed by atoms with Crippen molar-refractivity contribution in [2.75, 3.05) is 0 Å². The molecule has 1 nitrogen and oxygen atoms in total. The Hall–Kier alpha value is -1.70. The highest BCUT2D eigenvalue weighted by atomic mass is 16.3. The summed E-state index contributed by atoms with van der Waals surface area (Å²) in [6.45, 7) is 4.00. The van der Waals surface area contributed by atoms with E-state index >= 15 is 0 Å². The molecule has 0 aliphatic carbocycles. The predicted molar refractivity (Wildman–Crippen MR) is 78.8 cm³/mol. The van der Waals surface area contributed by atoms with Gasteiger partial charge in [-0.05, 0) is 50.2 Å². The zero-order chi connectivity index (χ0) is 13.5. The SMILES string of the molecule is CC=CC#CC#CC=CC=CCC[C@H](O)CCC. The summed E-state index contributed by atoms with van der Waals surface area (Å²) in [5.41, 5.74) is 0. The minimum Gasteiger partial charge on any atom is -0.393 e. The average Bonchev–Trinajstić information content (AvgIpc) is 2.36.